The van der Waals surface area contributed by atoms with Gasteiger partial charge in [-0.1, -0.05) is 26.0 Å². The third-order valence-electron chi connectivity index (χ3n) is 5.04. The number of nitrogens with zero attached hydrogens (tertiary/aromatic N) is 2. The molecule has 3 heteroatoms. The average Bonchev–Trinajstić information content (AvgIpc) is 3.25. The zero-order valence-corrected chi connectivity index (χ0v) is 14.6. The molecule has 2 aliphatic rings. The van der Waals surface area contributed by atoms with Gasteiger partial charge in [0.15, 0.2) is 0 Å². The highest BCUT2D eigenvalue weighted by Gasteiger charge is 2.28. The van der Waals surface area contributed by atoms with Crippen molar-refractivity contribution in [3.63, 3.8) is 0 Å². The molecule has 3 rings (SSSR count). The van der Waals surface area contributed by atoms with Crippen LogP contribution in [0.25, 0.3) is 0 Å². The fourth-order valence-corrected chi connectivity index (χ4v) is 3.34. The fraction of sp³-hybridized carbons (Fsp3) is 0.650. The monoisotopic (exact) mass is 314 g/mol. The Morgan fingerprint density at radius 1 is 1.17 bits per heavy atom. The number of carbonyl (C=O) groups excluding carboxylic acids is 1. The topological polar surface area (TPSA) is 23.6 Å². The van der Waals surface area contributed by atoms with Crippen LogP contribution in [0.3, 0.4) is 0 Å². The molecule has 2 fully saturated rings. The van der Waals surface area contributed by atoms with Crippen LogP contribution in [0.4, 0.5) is 0 Å². The quantitative estimate of drug-likeness (QED) is 0.761. The first-order chi connectivity index (χ1) is 11.1. The van der Waals surface area contributed by atoms with Crippen LogP contribution in [0.15, 0.2) is 24.3 Å². The van der Waals surface area contributed by atoms with Gasteiger partial charge in [-0.2, -0.15) is 0 Å². The minimum absolute atomic E-state index is 0.202. The number of carbonyl (C=O) groups is 1. The van der Waals surface area contributed by atoms with Crippen molar-refractivity contribution < 1.29 is 4.79 Å². The molecule has 1 amide bonds. The van der Waals surface area contributed by atoms with Gasteiger partial charge in [0.2, 0.25) is 0 Å². The van der Waals surface area contributed by atoms with Gasteiger partial charge in [-0.15, -0.1) is 0 Å². The zero-order valence-electron chi connectivity index (χ0n) is 14.6. The lowest BCUT2D eigenvalue weighted by atomic mass is 10.1. The highest BCUT2D eigenvalue weighted by atomic mass is 16.2. The van der Waals surface area contributed by atoms with Crippen LogP contribution in [-0.4, -0.2) is 41.4 Å². The maximum Gasteiger partial charge on any atom is 0.253 e. The van der Waals surface area contributed by atoms with Crippen LogP contribution in [0, 0.1) is 5.92 Å². The molecule has 0 atom stereocenters. The number of amides is 1. The second-order valence-corrected chi connectivity index (χ2v) is 7.58. The van der Waals surface area contributed by atoms with Gasteiger partial charge in [0.25, 0.3) is 5.91 Å². The maximum absolute atomic E-state index is 12.4. The van der Waals surface area contributed by atoms with E-state index in [4.69, 9.17) is 0 Å². The third kappa shape index (κ3) is 4.57. The molecule has 3 nitrogen and oxygen atoms in total. The second kappa shape index (κ2) is 7.48. The summed E-state index contributed by atoms with van der Waals surface area (Å²) in [6, 6.07) is 9.12. The smallest absolute Gasteiger partial charge is 0.253 e. The van der Waals surface area contributed by atoms with Crippen LogP contribution in [0.2, 0.25) is 0 Å². The lowest BCUT2D eigenvalue weighted by molar-refractivity contribution is 0.0793. The summed E-state index contributed by atoms with van der Waals surface area (Å²) in [5.41, 5.74) is 2.18. The largest absolute Gasteiger partial charge is 0.339 e. The first-order valence-corrected chi connectivity index (χ1v) is 9.26. The predicted molar refractivity (Wildman–Crippen MR) is 94.5 cm³/mol. The van der Waals surface area contributed by atoms with Crippen molar-refractivity contribution in [3.05, 3.63) is 35.4 Å². The van der Waals surface area contributed by atoms with E-state index < -0.39 is 0 Å². The van der Waals surface area contributed by atoms with E-state index in [0.29, 0.717) is 0 Å². The minimum atomic E-state index is 0.202. The van der Waals surface area contributed by atoms with Gasteiger partial charge in [-0.05, 0) is 62.3 Å². The van der Waals surface area contributed by atoms with Gasteiger partial charge in [-0.25, -0.2) is 0 Å². The molecule has 0 spiro atoms. The lowest BCUT2D eigenvalue weighted by Gasteiger charge is -2.23. The number of hydrogen-bond donors (Lipinski definition) is 0. The van der Waals surface area contributed by atoms with E-state index in [-0.39, 0.29) is 5.91 Å². The normalized spacial score (nSPS) is 18.2. The van der Waals surface area contributed by atoms with Crippen molar-refractivity contribution in [2.75, 3.05) is 19.6 Å². The van der Waals surface area contributed by atoms with Crippen LogP contribution in [0.1, 0.15) is 61.9 Å². The molecule has 0 aromatic heterocycles. The van der Waals surface area contributed by atoms with E-state index in [0.717, 1.165) is 50.0 Å². The van der Waals surface area contributed by atoms with Crippen LogP contribution < -0.4 is 0 Å². The molecular formula is C20H30N2O. The van der Waals surface area contributed by atoms with Crippen molar-refractivity contribution in [2.24, 2.45) is 5.92 Å². The standard InChI is InChI=1S/C20H30N2O/c1-16(2)11-14-22(19-9-10-19)15-17-5-7-18(8-6-17)20(23)21-12-3-4-13-21/h5-8,16,19H,3-4,9-15H2,1-2H3. The Morgan fingerprint density at radius 2 is 1.83 bits per heavy atom. The summed E-state index contributed by atoms with van der Waals surface area (Å²) in [4.78, 5) is 17.0. The van der Waals surface area contributed by atoms with Crippen molar-refractivity contribution in [1.82, 2.24) is 9.80 Å². The molecule has 1 saturated heterocycles. The molecular weight excluding hydrogens is 284 g/mol. The summed E-state index contributed by atoms with van der Waals surface area (Å²) in [7, 11) is 0. The molecule has 0 unspecified atom stereocenters. The molecule has 1 aliphatic heterocycles. The van der Waals surface area contributed by atoms with E-state index in [9.17, 15) is 4.79 Å². The summed E-state index contributed by atoms with van der Waals surface area (Å²) < 4.78 is 0. The Kier molecular flexibility index (Phi) is 5.37. The number of hydrogen-bond acceptors (Lipinski definition) is 2. The Morgan fingerprint density at radius 3 is 2.39 bits per heavy atom. The van der Waals surface area contributed by atoms with Crippen LogP contribution >= 0.6 is 0 Å². The van der Waals surface area contributed by atoms with Crippen molar-refractivity contribution >= 4 is 5.91 Å². The highest BCUT2D eigenvalue weighted by molar-refractivity contribution is 5.94. The second-order valence-electron chi connectivity index (χ2n) is 7.58. The molecule has 1 heterocycles. The van der Waals surface area contributed by atoms with Gasteiger partial charge in [0, 0.05) is 31.2 Å². The van der Waals surface area contributed by atoms with Crippen molar-refractivity contribution in [3.8, 4) is 0 Å². The molecule has 126 valence electrons. The van der Waals surface area contributed by atoms with Crippen molar-refractivity contribution in [1.29, 1.82) is 0 Å². The molecule has 0 radical (unpaired) electrons. The SMILES string of the molecule is CC(C)CCN(Cc1ccc(C(=O)N2CCCC2)cc1)C1CC1. The average molecular weight is 314 g/mol. The van der Waals surface area contributed by atoms with Gasteiger partial charge < -0.3 is 4.90 Å². The number of rotatable bonds is 7. The van der Waals surface area contributed by atoms with E-state index in [1.54, 1.807) is 0 Å². The first-order valence-electron chi connectivity index (χ1n) is 9.26. The summed E-state index contributed by atoms with van der Waals surface area (Å²) in [6.45, 7) is 8.65. The van der Waals surface area contributed by atoms with Crippen molar-refractivity contribution in [2.45, 2.75) is 58.5 Å². The van der Waals surface area contributed by atoms with Gasteiger partial charge in [0.05, 0.1) is 0 Å². The number of likely N-dealkylation sites (tertiary alicyclic amines) is 1. The Bertz CT molecular complexity index is 513. The summed E-state index contributed by atoms with van der Waals surface area (Å²) in [6.07, 6.45) is 6.27. The first kappa shape index (κ1) is 16.5. The Labute approximate surface area is 140 Å². The van der Waals surface area contributed by atoms with Crippen LogP contribution in [0.5, 0.6) is 0 Å². The van der Waals surface area contributed by atoms with E-state index >= 15 is 0 Å². The summed E-state index contributed by atoms with van der Waals surface area (Å²) >= 11 is 0. The molecule has 1 aromatic rings. The van der Waals surface area contributed by atoms with E-state index in [1.807, 2.05) is 17.0 Å². The molecule has 1 aliphatic carbocycles. The van der Waals surface area contributed by atoms with Gasteiger partial charge >= 0.3 is 0 Å². The minimum Gasteiger partial charge on any atom is -0.339 e. The molecule has 0 N–H and O–H groups in total. The summed E-state index contributed by atoms with van der Waals surface area (Å²) in [5.74, 6) is 0.963. The number of benzene rings is 1. The summed E-state index contributed by atoms with van der Waals surface area (Å²) in [5, 5.41) is 0. The van der Waals surface area contributed by atoms with Gasteiger partial charge in [-0.3, -0.25) is 9.69 Å². The molecule has 23 heavy (non-hydrogen) atoms. The predicted octanol–water partition coefficient (Wildman–Crippen LogP) is 3.93. The maximum atomic E-state index is 12.4. The molecule has 1 aromatic carbocycles. The lowest BCUT2D eigenvalue weighted by Crippen LogP contribution is -2.28. The molecule has 0 bridgehead atoms. The Balaban J connectivity index is 1.58. The highest BCUT2D eigenvalue weighted by Crippen LogP contribution is 2.29. The van der Waals surface area contributed by atoms with E-state index in [1.165, 1.54) is 31.4 Å². The van der Waals surface area contributed by atoms with Gasteiger partial charge in [0.1, 0.15) is 0 Å². The van der Waals surface area contributed by atoms with E-state index in [2.05, 4.69) is 30.9 Å². The van der Waals surface area contributed by atoms with Crippen LogP contribution in [-0.2, 0) is 6.54 Å². The zero-order chi connectivity index (χ0) is 16.2. The fourth-order valence-electron chi connectivity index (χ4n) is 3.34. The third-order valence-corrected chi connectivity index (χ3v) is 5.04. The molecule has 1 saturated carbocycles. The Hall–Kier alpha value is -1.35.